The molecule has 8 nitrogen and oxygen atoms in total. The number of carbonyl (C=O) groups excluding carboxylic acids is 1. The van der Waals surface area contributed by atoms with E-state index in [-0.39, 0.29) is 18.1 Å². The molecule has 0 saturated carbocycles. The molecule has 0 unspecified atom stereocenters. The van der Waals surface area contributed by atoms with Crippen LogP contribution in [0, 0.1) is 13.8 Å². The van der Waals surface area contributed by atoms with E-state index in [1.54, 1.807) is 32.9 Å². The molecular weight excluding hydrogens is 419 g/mol. The van der Waals surface area contributed by atoms with Gasteiger partial charge in [-0.2, -0.15) is 18.2 Å². The van der Waals surface area contributed by atoms with Gasteiger partial charge in [0, 0.05) is 18.1 Å². The Morgan fingerprint density at radius 3 is 2.42 bits per heavy atom. The maximum atomic E-state index is 12.7. The number of aryl methyl sites for hydroxylation is 3. The number of esters is 1. The van der Waals surface area contributed by atoms with Crippen LogP contribution in [0.5, 0.6) is 5.75 Å². The van der Waals surface area contributed by atoms with E-state index in [1.165, 1.54) is 6.07 Å². The minimum Gasteiger partial charge on any atom is -0.493 e. The summed E-state index contributed by atoms with van der Waals surface area (Å²) < 4.78 is 58.1. The Morgan fingerprint density at radius 2 is 1.81 bits per heavy atom. The third kappa shape index (κ3) is 5.41. The fourth-order valence-corrected chi connectivity index (χ4v) is 2.92. The van der Waals surface area contributed by atoms with Crippen molar-refractivity contribution in [2.45, 2.75) is 39.8 Å². The molecule has 166 valence electrons. The van der Waals surface area contributed by atoms with Gasteiger partial charge in [-0.15, -0.1) is 0 Å². The summed E-state index contributed by atoms with van der Waals surface area (Å²) in [5, 5.41) is 7.08. The van der Waals surface area contributed by atoms with E-state index in [4.69, 9.17) is 14.0 Å². The molecule has 0 fully saturated rings. The first-order valence-corrected chi connectivity index (χ1v) is 9.47. The molecule has 31 heavy (non-hydrogen) atoms. The SMILES string of the molecule is CCOC(=O)c1cc(CCCOc2c(C)cc(-c3noc(C(F)(F)F)n3)cc2C)on1. The number of alkyl halides is 3. The zero-order valence-electron chi connectivity index (χ0n) is 17.1. The van der Waals surface area contributed by atoms with Gasteiger partial charge in [0.1, 0.15) is 11.5 Å². The fraction of sp³-hybridized carbons (Fsp3) is 0.400. The number of hydrogen-bond acceptors (Lipinski definition) is 8. The van der Waals surface area contributed by atoms with Gasteiger partial charge in [0.2, 0.25) is 5.82 Å². The molecule has 11 heteroatoms. The highest BCUT2D eigenvalue weighted by Gasteiger charge is 2.38. The van der Waals surface area contributed by atoms with Crippen molar-refractivity contribution in [3.63, 3.8) is 0 Å². The molecule has 0 radical (unpaired) electrons. The molecule has 3 aromatic rings. The number of hydrogen-bond donors (Lipinski definition) is 0. The predicted molar refractivity (Wildman–Crippen MR) is 100 cm³/mol. The standard InChI is InChI=1S/C20H20F3N3O5/c1-4-28-18(27)15-10-14(30-25-15)6-5-7-29-16-11(2)8-13(9-12(16)3)17-24-19(31-26-17)20(21,22)23/h8-10H,4-7H2,1-3H3. The van der Waals surface area contributed by atoms with E-state index in [0.717, 1.165) is 11.1 Å². The highest BCUT2D eigenvalue weighted by atomic mass is 19.4. The lowest BCUT2D eigenvalue weighted by atomic mass is 10.1. The second-order valence-corrected chi connectivity index (χ2v) is 6.71. The summed E-state index contributed by atoms with van der Waals surface area (Å²) in [7, 11) is 0. The van der Waals surface area contributed by atoms with E-state index in [2.05, 4.69) is 19.8 Å². The molecule has 0 aliphatic rings. The Bertz CT molecular complexity index is 1040. The largest absolute Gasteiger partial charge is 0.493 e. The molecule has 0 amide bonds. The van der Waals surface area contributed by atoms with Crippen LogP contribution in [0.4, 0.5) is 13.2 Å². The van der Waals surface area contributed by atoms with E-state index in [0.29, 0.717) is 36.5 Å². The summed E-state index contributed by atoms with van der Waals surface area (Å²) in [5.74, 6) is -0.922. The molecule has 1 aromatic carbocycles. The lowest BCUT2D eigenvalue weighted by Gasteiger charge is -2.13. The monoisotopic (exact) mass is 439 g/mol. The minimum atomic E-state index is -4.70. The van der Waals surface area contributed by atoms with Crippen molar-refractivity contribution in [1.29, 1.82) is 0 Å². The molecular formula is C20H20F3N3O5. The molecule has 2 aromatic heterocycles. The first-order chi connectivity index (χ1) is 14.7. The maximum Gasteiger partial charge on any atom is 0.471 e. The second-order valence-electron chi connectivity index (χ2n) is 6.71. The molecule has 0 atom stereocenters. The van der Waals surface area contributed by atoms with Crippen molar-refractivity contribution in [2.75, 3.05) is 13.2 Å². The summed E-state index contributed by atoms with van der Waals surface area (Å²) in [5.41, 5.74) is 1.96. The molecule has 0 saturated heterocycles. The third-order valence-electron chi connectivity index (χ3n) is 4.24. The first-order valence-electron chi connectivity index (χ1n) is 9.47. The zero-order chi connectivity index (χ0) is 22.6. The zero-order valence-corrected chi connectivity index (χ0v) is 17.1. The number of aromatic nitrogens is 3. The Morgan fingerprint density at radius 1 is 1.10 bits per heavy atom. The van der Waals surface area contributed by atoms with Crippen LogP contribution in [0.15, 0.2) is 27.2 Å². The first kappa shape index (κ1) is 22.3. The van der Waals surface area contributed by atoms with Gasteiger partial charge in [0.25, 0.3) is 0 Å². The number of carbonyl (C=O) groups is 1. The third-order valence-corrected chi connectivity index (χ3v) is 4.24. The van der Waals surface area contributed by atoms with E-state index in [9.17, 15) is 18.0 Å². The molecule has 0 aliphatic carbocycles. The van der Waals surface area contributed by atoms with Gasteiger partial charge in [-0.05, 0) is 50.5 Å². The minimum absolute atomic E-state index is 0.121. The number of nitrogens with zero attached hydrogens (tertiary/aromatic N) is 3. The number of halogens is 3. The van der Waals surface area contributed by atoms with Crippen LogP contribution in [0.1, 0.15) is 46.6 Å². The van der Waals surface area contributed by atoms with Crippen LogP contribution >= 0.6 is 0 Å². The van der Waals surface area contributed by atoms with Gasteiger partial charge in [-0.25, -0.2) is 4.79 Å². The summed E-state index contributed by atoms with van der Waals surface area (Å²) in [6.07, 6.45) is -3.59. The molecule has 0 bridgehead atoms. The van der Waals surface area contributed by atoms with E-state index < -0.39 is 18.0 Å². The highest BCUT2D eigenvalue weighted by molar-refractivity contribution is 5.87. The quantitative estimate of drug-likeness (QED) is 0.372. The molecule has 2 heterocycles. The van der Waals surface area contributed by atoms with Crippen molar-refractivity contribution >= 4 is 5.97 Å². The van der Waals surface area contributed by atoms with Crippen LogP contribution in [-0.2, 0) is 17.3 Å². The van der Waals surface area contributed by atoms with Crippen LogP contribution in [0.3, 0.4) is 0 Å². The van der Waals surface area contributed by atoms with Gasteiger partial charge in [-0.1, -0.05) is 10.3 Å². The topological polar surface area (TPSA) is 100 Å². The lowest BCUT2D eigenvalue weighted by molar-refractivity contribution is -0.159. The predicted octanol–water partition coefficient (Wildman–Crippen LogP) is 4.55. The second kappa shape index (κ2) is 9.19. The highest BCUT2D eigenvalue weighted by Crippen LogP contribution is 2.32. The Kier molecular flexibility index (Phi) is 6.62. The molecule has 0 N–H and O–H groups in total. The number of ether oxygens (including phenoxy) is 2. The van der Waals surface area contributed by atoms with Gasteiger partial charge in [0.05, 0.1) is 13.2 Å². The molecule has 0 spiro atoms. The average molecular weight is 439 g/mol. The van der Waals surface area contributed by atoms with Gasteiger partial charge in [-0.3, -0.25) is 0 Å². The summed E-state index contributed by atoms with van der Waals surface area (Å²) >= 11 is 0. The van der Waals surface area contributed by atoms with Gasteiger partial charge in [0.15, 0.2) is 5.69 Å². The summed E-state index contributed by atoms with van der Waals surface area (Å²) in [6, 6.07) is 4.80. The average Bonchev–Trinajstić information content (AvgIpc) is 3.36. The Hall–Kier alpha value is -3.37. The summed E-state index contributed by atoms with van der Waals surface area (Å²) in [6.45, 7) is 5.87. The van der Waals surface area contributed by atoms with E-state index in [1.807, 2.05) is 0 Å². The maximum absolute atomic E-state index is 12.7. The van der Waals surface area contributed by atoms with Crippen molar-refractivity contribution in [3.8, 4) is 17.1 Å². The Labute approximate surface area is 175 Å². The number of benzene rings is 1. The van der Waals surface area contributed by atoms with Crippen molar-refractivity contribution in [1.82, 2.24) is 15.3 Å². The smallest absolute Gasteiger partial charge is 0.471 e. The Balaban J connectivity index is 1.59. The van der Waals surface area contributed by atoms with Gasteiger partial charge >= 0.3 is 18.0 Å². The fourth-order valence-electron chi connectivity index (χ4n) is 2.92. The normalized spacial score (nSPS) is 11.5. The van der Waals surface area contributed by atoms with E-state index >= 15 is 0 Å². The van der Waals surface area contributed by atoms with Crippen LogP contribution in [0.2, 0.25) is 0 Å². The molecule has 3 rings (SSSR count). The van der Waals surface area contributed by atoms with Crippen molar-refractivity contribution in [2.24, 2.45) is 0 Å². The van der Waals surface area contributed by atoms with Crippen molar-refractivity contribution in [3.05, 3.63) is 46.7 Å². The van der Waals surface area contributed by atoms with Gasteiger partial charge < -0.3 is 18.5 Å². The molecule has 0 aliphatic heterocycles. The van der Waals surface area contributed by atoms with Crippen LogP contribution in [0.25, 0.3) is 11.4 Å². The summed E-state index contributed by atoms with van der Waals surface area (Å²) in [4.78, 5) is 15.0. The lowest BCUT2D eigenvalue weighted by Crippen LogP contribution is -2.05. The van der Waals surface area contributed by atoms with Crippen molar-refractivity contribution < 1.29 is 36.5 Å². The van der Waals surface area contributed by atoms with Crippen LogP contribution < -0.4 is 4.74 Å². The number of rotatable bonds is 8. The van der Waals surface area contributed by atoms with Crippen LogP contribution in [-0.4, -0.2) is 34.5 Å².